The van der Waals surface area contributed by atoms with Gasteiger partial charge in [-0.2, -0.15) is 4.98 Å². The van der Waals surface area contributed by atoms with Crippen molar-refractivity contribution in [1.29, 1.82) is 0 Å². The summed E-state index contributed by atoms with van der Waals surface area (Å²) in [6, 6.07) is 12.8. The molecule has 0 radical (unpaired) electrons. The predicted molar refractivity (Wildman–Crippen MR) is 134 cm³/mol. The third-order valence-electron chi connectivity index (χ3n) is 5.72. The van der Waals surface area contributed by atoms with Gasteiger partial charge in [0.1, 0.15) is 24.1 Å². The summed E-state index contributed by atoms with van der Waals surface area (Å²) in [7, 11) is 0. The number of amides is 1. The van der Waals surface area contributed by atoms with E-state index in [1.807, 2.05) is 32.0 Å². The fourth-order valence-corrected chi connectivity index (χ4v) is 4.30. The largest absolute Gasteiger partial charge is 0.337 e. The Balaban J connectivity index is 1.57. The van der Waals surface area contributed by atoms with Gasteiger partial charge in [-0.3, -0.25) is 14.2 Å². The summed E-state index contributed by atoms with van der Waals surface area (Å²) in [4.78, 5) is 35.5. The third-order valence-corrected chi connectivity index (χ3v) is 6.05. The van der Waals surface area contributed by atoms with Gasteiger partial charge in [0.05, 0.1) is 22.6 Å². The van der Waals surface area contributed by atoms with Crippen LogP contribution in [0.3, 0.4) is 0 Å². The Morgan fingerprint density at radius 2 is 2.03 bits per heavy atom. The van der Waals surface area contributed by atoms with Gasteiger partial charge in [-0.1, -0.05) is 47.4 Å². The topological polar surface area (TPSA) is 108 Å². The van der Waals surface area contributed by atoms with Crippen LogP contribution in [0.4, 0.5) is 5.69 Å². The van der Waals surface area contributed by atoms with Gasteiger partial charge in [-0.25, -0.2) is 4.98 Å². The molecule has 1 N–H and O–H groups in total. The molecule has 35 heavy (non-hydrogen) atoms. The number of aromatic nitrogens is 5. The number of para-hydroxylation sites is 1. The van der Waals surface area contributed by atoms with E-state index < -0.39 is 0 Å². The quantitative estimate of drug-likeness (QED) is 0.363. The lowest BCUT2D eigenvalue weighted by Crippen LogP contribution is -2.25. The molecule has 5 aromatic rings. The van der Waals surface area contributed by atoms with Crippen molar-refractivity contribution in [3.63, 3.8) is 0 Å². The number of hydrogen-bond acceptors (Lipinski definition) is 6. The molecular weight excluding hydrogens is 468 g/mol. The Kier molecular flexibility index (Phi) is 6.08. The average Bonchev–Trinajstić information content (AvgIpc) is 3.40. The molecule has 0 saturated heterocycles. The zero-order chi connectivity index (χ0) is 24.5. The first-order chi connectivity index (χ1) is 16.9. The van der Waals surface area contributed by atoms with E-state index in [4.69, 9.17) is 16.1 Å². The van der Waals surface area contributed by atoms with E-state index in [2.05, 4.69) is 20.4 Å². The number of anilines is 1. The van der Waals surface area contributed by atoms with Crippen LogP contribution in [0.2, 0.25) is 5.02 Å². The predicted octanol–water partition coefficient (Wildman–Crippen LogP) is 4.34. The number of carbonyl (C=O) groups is 1. The number of hydrogen-bond donors (Lipinski definition) is 1. The summed E-state index contributed by atoms with van der Waals surface area (Å²) in [6.07, 6.45) is 3.07. The molecule has 2 aromatic carbocycles. The molecule has 3 aromatic heterocycles. The Morgan fingerprint density at radius 1 is 1.20 bits per heavy atom. The Morgan fingerprint density at radius 3 is 2.83 bits per heavy atom. The van der Waals surface area contributed by atoms with Crippen LogP contribution in [0.25, 0.3) is 21.9 Å². The van der Waals surface area contributed by atoms with Crippen LogP contribution in [-0.2, 0) is 24.3 Å². The Bertz CT molecular complexity index is 1620. The maximum absolute atomic E-state index is 13.6. The normalized spacial score (nSPS) is 11.4. The second-order valence-electron chi connectivity index (χ2n) is 8.36. The first-order valence-electron chi connectivity index (χ1n) is 11.3. The number of halogens is 1. The number of benzene rings is 2. The van der Waals surface area contributed by atoms with Crippen LogP contribution >= 0.6 is 11.6 Å². The smallest absolute Gasteiger partial charge is 0.278 e. The lowest BCUT2D eigenvalue weighted by atomic mass is 10.1. The highest BCUT2D eigenvalue weighted by Crippen LogP contribution is 2.27. The molecular formula is C25H23ClN6O3. The molecule has 0 aliphatic heterocycles. The van der Waals surface area contributed by atoms with E-state index in [9.17, 15) is 9.59 Å². The van der Waals surface area contributed by atoms with Crippen molar-refractivity contribution in [3.8, 4) is 0 Å². The zero-order valence-corrected chi connectivity index (χ0v) is 20.0. The summed E-state index contributed by atoms with van der Waals surface area (Å²) in [6.45, 7) is 4.00. The molecule has 0 atom stereocenters. The monoisotopic (exact) mass is 490 g/mol. The van der Waals surface area contributed by atoms with E-state index in [0.29, 0.717) is 39.9 Å². The van der Waals surface area contributed by atoms with Gasteiger partial charge < -0.3 is 14.4 Å². The molecule has 0 spiro atoms. The molecule has 178 valence electrons. The molecule has 1 amide bonds. The van der Waals surface area contributed by atoms with Crippen molar-refractivity contribution in [2.45, 2.75) is 39.8 Å². The lowest BCUT2D eigenvalue weighted by Gasteiger charge is -2.10. The fourth-order valence-electron chi connectivity index (χ4n) is 4.11. The minimum atomic E-state index is -0.312. The van der Waals surface area contributed by atoms with E-state index in [0.717, 1.165) is 22.9 Å². The van der Waals surface area contributed by atoms with Crippen molar-refractivity contribution in [2.75, 3.05) is 5.32 Å². The number of nitrogens with zero attached hydrogens (tertiary/aromatic N) is 5. The number of carbonyl (C=O) groups excluding carboxylic acids is 1. The summed E-state index contributed by atoms with van der Waals surface area (Å²) >= 11 is 6.20. The molecule has 0 aliphatic rings. The number of rotatable bonds is 7. The summed E-state index contributed by atoms with van der Waals surface area (Å²) in [5.41, 5.74) is 2.83. The van der Waals surface area contributed by atoms with Gasteiger partial charge in [0.2, 0.25) is 11.8 Å². The first kappa shape index (κ1) is 22.8. The van der Waals surface area contributed by atoms with Crippen molar-refractivity contribution < 1.29 is 9.32 Å². The summed E-state index contributed by atoms with van der Waals surface area (Å²) in [5.74, 6) is 0.616. The minimum Gasteiger partial charge on any atom is -0.337 e. The van der Waals surface area contributed by atoms with Crippen molar-refractivity contribution in [2.24, 2.45) is 0 Å². The van der Waals surface area contributed by atoms with Gasteiger partial charge in [0, 0.05) is 11.8 Å². The second kappa shape index (κ2) is 9.34. The average molecular weight is 491 g/mol. The molecule has 9 nitrogen and oxygen atoms in total. The lowest BCUT2D eigenvalue weighted by molar-refractivity contribution is -0.116. The minimum absolute atomic E-state index is 0.0869. The maximum Gasteiger partial charge on any atom is 0.278 e. The maximum atomic E-state index is 13.6. The van der Waals surface area contributed by atoms with Gasteiger partial charge in [-0.15, -0.1) is 0 Å². The van der Waals surface area contributed by atoms with Crippen LogP contribution in [0.5, 0.6) is 0 Å². The molecule has 10 heteroatoms. The van der Waals surface area contributed by atoms with Gasteiger partial charge in [0.15, 0.2) is 5.82 Å². The molecule has 3 heterocycles. The highest BCUT2D eigenvalue weighted by atomic mass is 35.5. The fraction of sp³-hybridized carbons (Fsp3) is 0.240. The molecule has 0 unspecified atom stereocenters. The van der Waals surface area contributed by atoms with Gasteiger partial charge in [-0.05, 0) is 37.6 Å². The molecule has 0 saturated carbocycles. The number of fused-ring (bicyclic) bond motifs is 3. The van der Waals surface area contributed by atoms with E-state index in [1.54, 1.807) is 28.8 Å². The number of aryl methyl sites for hydroxylation is 2. The SMILES string of the molecule is CCCc1noc(Cn2cnc3c4cc(C)ccc4n(CC(=O)Nc4ccccc4Cl)c3c2=O)n1. The van der Waals surface area contributed by atoms with Crippen LogP contribution in [-0.4, -0.2) is 30.2 Å². The molecule has 0 bridgehead atoms. The molecule has 5 rings (SSSR count). The van der Waals surface area contributed by atoms with Crippen molar-refractivity contribution in [3.05, 3.63) is 81.4 Å². The Labute approximate surface area is 205 Å². The Hall–Kier alpha value is -3.98. The standard InChI is InChI=1S/C25H23ClN6O3/c1-3-6-20-29-22(35-30-20)13-31-14-27-23-16-11-15(2)9-10-19(16)32(24(23)25(31)34)12-21(33)28-18-8-5-4-7-17(18)26/h4-5,7-11,14H,3,6,12-13H2,1-2H3,(H,28,33). The second-order valence-corrected chi connectivity index (χ2v) is 8.77. The van der Waals surface area contributed by atoms with Crippen LogP contribution in [0, 0.1) is 6.92 Å². The van der Waals surface area contributed by atoms with Crippen LogP contribution in [0.15, 0.2) is 58.1 Å². The highest BCUT2D eigenvalue weighted by Gasteiger charge is 2.20. The molecule has 0 fully saturated rings. The van der Waals surface area contributed by atoms with Crippen LogP contribution in [0.1, 0.15) is 30.6 Å². The van der Waals surface area contributed by atoms with Crippen LogP contribution < -0.4 is 10.9 Å². The zero-order valence-electron chi connectivity index (χ0n) is 19.3. The van der Waals surface area contributed by atoms with Crippen molar-refractivity contribution >= 4 is 45.1 Å². The van der Waals surface area contributed by atoms with Gasteiger partial charge >= 0.3 is 0 Å². The summed E-state index contributed by atoms with van der Waals surface area (Å²) in [5, 5.41) is 8.01. The number of nitrogens with one attached hydrogen (secondary N) is 1. The van der Waals surface area contributed by atoms with Crippen molar-refractivity contribution in [1.82, 2.24) is 24.3 Å². The van der Waals surface area contributed by atoms with E-state index >= 15 is 0 Å². The van der Waals surface area contributed by atoms with E-state index in [1.165, 1.54) is 10.9 Å². The van der Waals surface area contributed by atoms with E-state index in [-0.39, 0.29) is 24.6 Å². The highest BCUT2D eigenvalue weighted by molar-refractivity contribution is 6.33. The first-order valence-corrected chi connectivity index (χ1v) is 11.7. The third kappa shape index (κ3) is 4.42. The summed E-state index contributed by atoms with van der Waals surface area (Å²) < 4.78 is 8.41. The van der Waals surface area contributed by atoms with Gasteiger partial charge in [0.25, 0.3) is 5.56 Å². The molecule has 0 aliphatic carbocycles.